The Hall–Kier alpha value is -1.58. The average Bonchev–Trinajstić information content (AvgIpc) is 2.48. The van der Waals surface area contributed by atoms with E-state index in [2.05, 4.69) is 24.1 Å². The van der Waals surface area contributed by atoms with E-state index in [0.29, 0.717) is 17.7 Å². The molecule has 0 atom stereocenters. The summed E-state index contributed by atoms with van der Waals surface area (Å²) in [4.78, 5) is 4.09. The third-order valence-corrected chi connectivity index (χ3v) is 3.38. The molecule has 0 radical (unpaired) electrons. The smallest absolute Gasteiger partial charge is 0.137 e. The Balaban J connectivity index is 1.86. The molecule has 1 aromatic carbocycles. The molecule has 1 N–H and O–H groups in total. The minimum Gasteiger partial charge on any atom is -0.492 e. The van der Waals surface area contributed by atoms with E-state index in [-0.39, 0.29) is 0 Å². The Labute approximate surface area is 131 Å². The van der Waals surface area contributed by atoms with E-state index in [1.807, 2.05) is 36.5 Å². The van der Waals surface area contributed by atoms with Crippen molar-refractivity contribution in [1.82, 2.24) is 10.3 Å². The first-order chi connectivity index (χ1) is 10.1. The summed E-state index contributed by atoms with van der Waals surface area (Å²) in [5.74, 6) is 0.730. The maximum atomic E-state index is 6.26. The van der Waals surface area contributed by atoms with Crippen LogP contribution in [0.25, 0.3) is 0 Å². The second-order valence-corrected chi connectivity index (χ2v) is 5.67. The molecule has 0 spiro atoms. The van der Waals surface area contributed by atoms with Gasteiger partial charge in [-0.25, -0.2) is 0 Å². The van der Waals surface area contributed by atoms with E-state index in [4.69, 9.17) is 16.3 Å². The number of nitrogens with one attached hydrogen (secondary N) is 1. The standard InChI is InChI=1S/C17H21ClN2O/c1-13(2)20-12-15-5-6-17(16(18)10-15)21-9-7-14-4-3-8-19-11-14/h3-6,8,10-11,13,20H,7,9,12H2,1-2H3. The molecule has 0 unspecified atom stereocenters. The van der Waals surface area contributed by atoms with Gasteiger partial charge in [-0.2, -0.15) is 0 Å². The molecule has 2 aromatic rings. The topological polar surface area (TPSA) is 34.1 Å². The lowest BCUT2D eigenvalue weighted by Crippen LogP contribution is -2.21. The van der Waals surface area contributed by atoms with Gasteiger partial charge in [0.25, 0.3) is 0 Å². The lowest BCUT2D eigenvalue weighted by atomic mass is 10.2. The summed E-state index contributed by atoms with van der Waals surface area (Å²) in [6.07, 6.45) is 4.44. The van der Waals surface area contributed by atoms with E-state index in [9.17, 15) is 0 Å². The van der Waals surface area contributed by atoms with Gasteiger partial charge in [-0.3, -0.25) is 4.98 Å². The van der Waals surface area contributed by atoms with Crippen molar-refractivity contribution >= 4 is 11.6 Å². The van der Waals surface area contributed by atoms with Crippen LogP contribution in [0.1, 0.15) is 25.0 Å². The normalized spacial score (nSPS) is 10.9. The first-order valence-corrected chi connectivity index (χ1v) is 7.56. The second kappa shape index (κ2) is 8.01. The fourth-order valence-electron chi connectivity index (χ4n) is 1.92. The maximum Gasteiger partial charge on any atom is 0.137 e. The monoisotopic (exact) mass is 304 g/mol. The zero-order valence-electron chi connectivity index (χ0n) is 12.5. The Morgan fingerprint density at radius 1 is 1.24 bits per heavy atom. The van der Waals surface area contributed by atoms with Crippen LogP contribution in [0.3, 0.4) is 0 Å². The first kappa shape index (κ1) is 15.8. The highest BCUT2D eigenvalue weighted by molar-refractivity contribution is 6.32. The maximum absolute atomic E-state index is 6.26. The molecule has 4 heteroatoms. The summed E-state index contributed by atoms with van der Waals surface area (Å²) in [5, 5.41) is 4.02. The lowest BCUT2D eigenvalue weighted by Gasteiger charge is -2.11. The van der Waals surface area contributed by atoms with E-state index >= 15 is 0 Å². The van der Waals surface area contributed by atoms with Gasteiger partial charge in [0.15, 0.2) is 0 Å². The summed E-state index contributed by atoms with van der Waals surface area (Å²) in [7, 11) is 0. The molecule has 112 valence electrons. The van der Waals surface area contributed by atoms with Crippen molar-refractivity contribution in [2.75, 3.05) is 6.61 Å². The highest BCUT2D eigenvalue weighted by Crippen LogP contribution is 2.25. The SMILES string of the molecule is CC(C)NCc1ccc(OCCc2cccnc2)c(Cl)c1. The highest BCUT2D eigenvalue weighted by Gasteiger charge is 2.04. The van der Waals surface area contributed by atoms with Crippen LogP contribution in [0.2, 0.25) is 5.02 Å². The van der Waals surface area contributed by atoms with Crippen molar-refractivity contribution in [1.29, 1.82) is 0 Å². The minimum absolute atomic E-state index is 0.458. The Morgan fingerprint density at radius 2 is 2.10 bits per heavy atom. The average molecular weight is 305 g/mol. The molecule has 0 aliphatic rings. The van der Waals surface area contributed by atoms with Crippen LogP contribution in [-0.4, -0.2) is 17.6 Å². The van der Waals surface area contributed by atoms with Crippen molar-refractivity contribution in [2.24, 2.45) is 0 Å². The van der Waals surface area contributed by atoms with Gasteiger partial charge in [-0.1, -0.05) is 37.6 Å². The van der Waals surface area contributed by atoms with Crippen molar-refractivity contribution in [3.8, 4) is 5.75 Å². The van der Waals surface area contributed by atoms with E-state index in [0.717, 1.165) is 29.8 Å². The largest absolute Gasteiger partial charge is 0.492 e. The number of hydrogen-bond donors (Lipinski definition) is 1. The molecule has 3 nitrogen and oxygen atoms in total. The van der Waals surface area contributed by atoms with Gasteiger partial charge < -0.3 is 10.1 Å². The van der Waals surface area contributed by atoms with Crippen molar-refractivity contribution in [3.63, 3.8) is 0 Å². The second-order valence-electron chi connectivity index (χ2n) is 5.26. The molecule has 0 bridgehead atoms. The van der Waals surface area contributed by atoms with Gasteiger partial charge in [-0.15, -0.1) is 0 Å². The number of ether oxygens (including phenoxy) is 1. The van der Waals surface area contributed by atoms with Gasteiger partial charge in [0.1, 0.15) is 5.75 Å². The molecule has 0 saturated heterocycles. The number of halogens is 1. The summed E-state index contributed by atoms with van der Waals surface area (Å²) in [6, 6.07) is 10.4. The minimum atomic E-state index is 0.458. The van der Waals surface area contributed by atoms with E-state index < -0.39 is 0 Å². The van der Waals surface area contributed by atoms with Crippen LogP contribution >= 0.6 is 11.6 Å². The number of benzene rings is 1. The van der Waals surface area contributed by atoms with Crippen molar-refractivity contribution in [3.05, 3.63) is 58.9 Å². The van der Waals surface area contributed by atoms with Crippen LogP contribution < -0.4 is 10.1 Å². The van der Waals surface area contributed by atoms with Gasteiger partial charge in [-0.05, 0) is 29.3 Å². The highest BCUT2D eigenvalue weighted by atomic mass is 35.5. The molecule has 0 saturated carbocycles. The quantitative estimate of drug-likeness (QED) is 0.843. The molecule has 0 aliphatic heterocycles. The number of hydrogen-bond acceptors (Lipinski definition) is 3. The van der Waals surface area contributed by atoms with Crippen LogP contribution in [0.4, 0.5) is 0 Å². The summed E-state index contributed by atoms with van der Waals surface area (Å²) < 4.78 is 5.74. The van der Waals surface area contributed by atoms with E-state index in [1.54, 1.807) is 6.20 Å². The Bertz CT molecular complexity index is 558. The summed E-state index contributed by atoms with van der Waals surface area (Å²) >= 11 is 6.26. The molecule has 21 heavy (non-hydrogen) atoms. The third-order valence-electron chi connectivity index (χ3n) is 3.08. The molecule has 0 amide bonds. The molecule has 2 rings (SSSR count). The van der Waals surface area contributed by atoms with Gasteiger partial charge in [0.05, 0.1) is 11.6 Å². The molecule has 1 heterocycles. The predicted octanol–water partition coefficient (Wildman–Crippen LogP) is 3.85. The molecule has 0 fully saturated rings. The number of aromatic nitrogens is 1. The third kappa shape index (κ3) is 5.37. The van der Waals surface area contributed by atoms with Gasteiger partial charge >= 0.3 is 0 Å². The van der Waals surface area contributed by atoms with Crippen molar-refractivity contribution in [2.45, 2.75) is 32.9 Å². The van der Waals surface area contributed by atoms with Crippen LogP contribution in [0.5, 0.6) is 5.75 Å². The lowest BCUT2D eigenvalue weighted by molar-refractivity contribution is 0.322. The zero-order chi connectivity index (χ0) is 15.1. The molecule has 1 aromatic heterocycles. The molecule has 0 aliphatic carbocycles. The van der Waals surface area contributed by atoms with Gasteiger partial charge in [0.2, 0.25) is 0 Å². The number of nitrogens with zero attached hydrogens (tertiary/aromatic N) is 1. The molecular weight excluding hydrogens is 284 g/mol. The zero-order valence-corrected chi connectivity index (χ0v) is 13.2. The predicted molar refractivity (Wildman–Crippen MR) is 86.9 cm³/mol. The fraction of sp³-hybridized carbons (Fsp3) is 0.353. The van der Waals surface area contributed by atoms with Gasteiger partial charge in [0, 0.05) is 31.4 Å². The number of pyridine rings is 1. The Kier molecular flexibility index (Phi) is 6.03. The van der Waals surface area contributed by atoms with E-state index in [1.165, 1.54) is 0 Å². The van der Waals surface area contributed by atoms with Crippen LogP contribution in [0.15, 0.2) is 42.7 Å². The van der Waals surface area contributed by atoms with Crippen LogP contribution in [-0.2, 0) is 13.0 Å². The summed E-state index contributed by atoms with van der Waals surface area (Å²) in [6.45, 7) is 5.65. The Morgan fingerprint density at radius 3 is 2.76 bits per heavy atom. The summed E-state index contributed by atoms with van der Waals surface area (Å²) in [5.41, 5.74) is 2.32. The fourth-order valence-corrected chi connectivity index (χ4v) is 2.18. The first-order valence-electron chi connectivity index (χ1n) is 7.18. The number of rotatable bonds is 7. The van der Waals surface area contributed by atoms with Crippen LogP contribution in [0, 0.1) is 0 Å². The van der Waals surface area contributed by atoms with Crippen molar-refractivity contribution < 1.29 is 4.74 Å². The molecular formula is C17H21ClN2O.